The lowest BCUT2D eigenvalue weighted by Crippen LogP contribution is -2.39. The van der Waals surface area contributed by atoms with Gasteiger partial charge in [-0.25, -0.2) is 0 Å². The predicted molar refractivity (Wildman–Crippen MR) is 118 cm³/mol. The van der Waals surface area contributed by atoms with Crippen molar-refractivity contribution < 1.29 is 4.79 Å². The Morgan fingerprint density at radius 2 is 1.93 bits per heavy atom. The number of hydrogen-bond donors (Lipinski definition) is 1. The van der Waals surface area contributed by atoms with Crippen molar-refractivity contribution >= 4 is 39.0 Å². The largest absolute Gasteiger partial charge is 0.384 e. The first-order chi connectivity index (χ1) is 13.9. The highest BCUT2D eigenvalue weighted by Gasteiger charge is 2.40. The Hall–Kier alpha value is -2.55. The molecule has 0 bridgehead atoms. The summed E-state index contributed by atoms with van der Waals surface area (Å²) < 4.78 is 0.938. The van der Waals surface area contributed by atoms with Crippen LogP contribution in [0, 0.1) is 18.3 Å². The molecule has 0 aromatic heterocycles. The smallest absolute Gasteiger partial charge is 0.161 e. The third kappa shape index (κ3) is 3.27. The summed E-state index contributed by atoms with van der Waals surface area (Å²) in [5.74, 6) is -0.0185. The summed E-state index contributed by atoms with van der Waals surface area (Å²) in [5, 5.41) is 10.6. The van der Waals surface area contributed by atoms with Crippen LogP contribution in [0.25, 0.3) is 0 Å². The summed E-state index contributed by atoms with van der Waals surface area (Å²) in [6.07, 6.45) is 1.96. The van der Waals surface area contributed by atoms with E-state index in [1.54, 1.807) is 0 Å². The molecule has 1 aliphatic heterocycles. The number of allylic oxidation sites excluding steroid dienone is 3. The molecule has 1 aliphatic carbocycles. The minimum absolute atomic E-state index is 0.0732. The molecule has 2 aromatic rings. The third-order valence-electron chi connectivity index (χ3n) is 5.60. The van der Waals surface area contributed by atoms with Crippen molar-refractivity contribution in [1.29, 1.82) is 5.26 Å². The number of Topliss-reactive ketones (excluding diaryl/α,β-unsaturated/α-hetero) is 1. The van der Waals surface area contributed by atoms with Crippen molar-refractivity contribution in [1.82, 2.24) is 0 Å². The summed E-state index contributed by atoms with van der Waals surface area (Å²) in [6.45, 7) is 1.92. The first-order valence-corrected chi connectivity index (χ1v) is 10.6. The van der Waals surface area contributed by atoms with Crippen LogP contribution in [-0.2, 0) is 4.79 Å². The number of halogens is 2. The number of nitrogens with zero attached hydrogens (tertiary/aromatic N) is 2. The van der Waals surface area contributed by atoms with Gasteiger partial charge in [0.1, 0.15) is 5.82 Å². The number of hydrogen-bond acceptors (Lipinski definition) is 4. The van der Waals surface area contributed by atoms with Crippen molar-refractivity contribution in [2.75, 3.05) is 4.90 Å². The van der Waals surface area contributed by atoms with Crippen LogP contribution < -0.4 is 10.6 Å². The van der Waals surface area contributed by atoms with E-state index in [1.807, 2.05) is 54.3 Å². The number of carbonyl (C=O) groups excluding carboxylic acids is 1. The zero-order valence-electron chi connectivity index (χ0n) is 15.9. The van der Waals surface area contributed by atoms with Crippen LogP contribution in [0.2, 0.25) is 5.02 Å². The molecule has 1 heterocycles. The van der Waals surface area contributed by atoms with Crippen LogP contribution in [0.5, 0.6) is 0 Å². The van der Waals surface area contributed by atoms with Crippen LogP contribution in [0.15, 0.2) is 69.6 Å². The number of nitriles is 1. The molecule has 0 saturated carbocycles. The highest BCUT2D eigenvalue weighted by atomic mass is 79.9. The molecule has 0 saturated heterocycles. The second kappa shape index (κ2) is 7.70. The number of ketones is 1. The molecule has 29 heavy (non-hydrogen) atoms. The molecule has 0 fully saturated rings. The number of rotatable bonds is 2. The van der Waals surface area contributed by atoms with E-state index in [4.69, 9.17) is 17.3 Å². The van der Waals surface area contributed by atoms with Crippen LogP contribution in [0.1, 0.15) is 36.3 Å². The van der Waals surface area contributed by atoms with E-state index in [1.165, 1.54) is 0 Å². The van der Waals surface area contributed by atoms with Gasteiger partial charge in [0.15, 0.2) is 5.78 Å². The van der Waals surface area contributed by atoms with Gasteiger partial charge >= 0.3 is 0 Å². The molecule has 4 nitrogen and oxygen atoms in total. The molecule has 146 valence electrons. The first-order valence-electron chi connectivity index (χ1n) is 9.40. The molecule has 6 heteroatoms. The number of benzene rings is 2. The molecular formula is C23H19BrClN3O. The minimum atomic E-state index is -0.452. The van der Waals surface area contributed by atoms with Gasteiger partial charge in [-0.15, -0.1) is 0 Å². The third-order valence-corrected chi connectivity index (χ3v) is 6.53. The molecule has 0 unspecified atom stereocenters. The number of nitrogens with two attached hydrogens (primary N) is 1. The van der Waals surface area contributed by atoms with Gasteiger partial charge in [-0.05, 0) is 55.2 Å². The van der Waals surface area contributed by atoms with Gasteiger partial charge in [-0.3, -0.25) is 9.69 Å². The van der Waals surface area contributed by atoms with Gasteiger partial charge in [-0.2, -0.15) is 5.26 Å². The highest BCUT2D eigenvalue weighted by molar-refractivity contribution is 9.10. The Balaban J connectivity index is 1.99. The van der Waals surface area contributed by atoms with E-state index in [2.05, 4.69) is 22.0 Å². The fraction of sp³-hybridized carbons (Fsp3) is 0.217. The summed E-state index contributed by atoms with van der Waals surface area (Å²) in [5.41, 5.74) is 11.1. The average molecular weight is 469 g/mol. The lowest BCUT2D eigenvalue weighted by molar-refractivity contribution is -0.116. The fourth-order valence-electron chi connectivity index (χ4n) is 4.19. The zero-order chi connectivity index (χ0) is 20.7. The van der Waals surface area contributed by atoms with Gasteiger partial charge < -0.3 is 5.73 Å². The summed E-state index contributed by atoms with van der Waals surface area (Å²) in [7, 11) is 0. The van der Waals surface area contributed by atoms with Crippen LogP contribution in [-0.4, -0.2) is 5.78 Å². The lowest BCUT2D eigenvalue weighted by Gasteiger charge is -2.40. The van der Waals surface area contributed by atoms with E-state index < -0.39 is 5.92 Å². The van der Waals surface area contributed by atoms with Gasteiger partial charge in [-0.1, -0.05) is 45.7 Å². The number of carbonyl (C=O) groups is 1. The van der Waals surface area contributed by atoms with E-state index >= 15 is 0 Å². The van der Waals surface area contributed by atoms with Gasteiger partial charge in [0.05, 0.1) is 23.2 Å². The summed E-state index contributed by atoms with van der Waals surface area (Å²) >= 11 is 9.81. The summed E-state index contributed by atoms with van der Waals surface area (Å²) in [6, 6.07) is 15.6. The first kappa shape index (κ1) is 19.8. The molecule has 2 N–H and O–H groups in total. The molecule has 0 amide bonds. The SMILES string of the molecule is Cc1c(Cl)cccc1N1C(N)=C(C#N)[C@H](c2ccc(Br)cc2)C2=C1CCCC2=O. The van der Waals surface area contributed by atoms with Gasteiger partial charge in [0.25, 0.3) is 0 Å². The van der Waals surface area contributed by atoms with Gasteiger partial charge in [0.2, 0.25) is 0 Å². The molecule has 1 atom stereocenters. The fourth-order valence-corrected chi connectivity index (χ4v) is 4.62. The molecule has 0 radical (unpaired) electrons. The van der Waals surface area contributed by atoms with Crippen molar-refractivity contribution in [3.8, 4) is 6.07 Å². The Morgan fingerprint density at radius 1 is 1.21 bits per heavy atom. The van der Waals surface area contributed by atoms with Crippen LogP contribution in [0.3, 0.4) is 0 Å². The van der Waals surface area contributed by atoms with E-state index in [9.17, 15) is 10.1 Å². The second-order valence-electron chi connectivity index (χ2n) is 7.25. The Labute approximate surface area is 183 Å². The maximum atomic E-state index is 13.1. The second-order valence-corrected chi connectivity index (χ2v) is 8.57. The normalized spacial score (nSPS) is 19.3. The van der Waals surface area contributed by atoms with Crippen molar-refractivity contribution in [2.45, 2.75) is 32.1 Å². The number of anilines is 1. The van der Waals surface area contributed by atoms with E-state index in [0.717, 1.165) is 39.8 Å². The standard InChI is InChI=1S/C23H19BrClN3O/c1-13-17(25)4-2-5-18(13)28-19-6-3-7-20(29)22(19)21(16(12-26)23(28)27)14-8-10-15(24)11-9-14/h2,4-5,8-11,21H,3,6-7,27H2,1H3/t21-/m0/s1. The quantitative estimate of drug-likeness (QED) is 0.612. The minimum Gasteiger partial charge on any atom is -0.384 e. The van der Waals surface area contributed by atoms with Crippen molar-refractivity contribution in [2.24, 2.45) is 5.73 Å². The average Bonchev–Trinajstić information content (AvgIpc) is 2.71. The molecule has 0 spiro atoms. The van der Waals surface area contributed by atoms with E-state index in [-0.39, 0.29) is 5.78 Å². The highest BCUT2D eigenvalue weighted by Crippen LogP contribution is 2.47. The molecular weight excluding hydrogens is 450 g/mol. The van der Waals surface area contributed by atoms with Crippen LogP contribution in [0.4, 0.5) is 5.69 Å². The molecule has 2 aromatic carbocycles. The monoisotopic (exact) mass is 467 g/mol. The Bertz CT molecular complexity index is 1110. The lowest BCUT2D eigenvalue weighted by atomic mass is 9.75. The molecule has 4 rings (SSSR count). The van der Waals surface area contributed by atoms with Crippen LogP contribution >= 0.6 is 27.5 Å². The van der Waals surface area contributed by atoms with Crippen molar-refractivity contribution in [3.63, 3.8) is 0 Å². The maximum absolute atomic E-state index is 13.1. The predicted octanol–water partition coefficient (Wildman–Crippen LogP) is 5.72. The summed E-state index contributed by atoms with van der Waals surface area (Å²) in [4.78, 5) is 14.9. The van der Waals surface area contributed by atoms with Gasteiger partial charge in [0, 0.05) is 27.2 Å². The molecule has 2 aliphatic rings. The Morgan fingerprint density at radius 3 is 2.62 bits per heavy atom. The zero-order valence-corrected chi connectivity index (χ0v) is 18.2. The van der Waals surface area contributed by atoms with Crippen molar-refractivity contribution in [3.05, 3.63) is 85.8 Å². The topological polar surface area (TPSA) is 70.1 Å². The maximum Gasteiger partial charge on any atom is 0.161 e. The van der Waals surface area contributed by atoms with E-state index in [0.29, 0.717) is 28.4 Å². The Kier molecular flexibility index (Phi) is 5.24.